The zero-order valence-corrected chi connectivity index (χ0v) is 11.4. The third-order valence-corrected chi connectivity index (χ3v) is 3.76. The highest BCUT2D eigenvalue weighted by molar-refractivity contribution is 6.28. The summed E-state index contributed by atoms with van der Waals surface area (Å²) in [7, 11) is 0. The maximum atomic E-state index is 5.91. The van der Waals surface area contributed by atoms with E-state index in [2.05, 4.69) is 32.2 Å². The monoisotopic (exact) mass is 281 g/mol. The smallest absolute Gasteiger partial charge is 0.226 e. The second kappa shape index (κ2) is 5.30. The lowest BCUT2D eigenvalue weighted by atomic mass is 9.93. The van der Waals surface area contributed by atoms with E-state index in [4.69, 9.17) is 16.3 Å². The lowest BCUT2D eigenvalue weighted by Crippen LogP contribution is -2.31. The molecule has 1 fully saturated rings. The van der Waals surface area contributed by atoms with Crippen LogP contribution in [0.2, 0.25) is 5.28 Å². The first-order chi connectivity index (χ1) is 9.24. The van der Waals surface area contributed by atoms with Gasteiger partial charge in [0.05, 0.1) is 6.33 Å². The van der Waals surface area contributed by atoms with Crippen LogP contribution in [0.15, 0.2) is 6.33 Å². The highest BCUT2D eigenvalue weighted by Crippen LogP contribution is 2.24. The Morgan fingerprint density at radius 2 is 2.21 bits per heavy atom. The zero-order chi connectivity index (χ0) is 13.2. The number of aromatic amines is 1. The molecule has 1 aliphatic heterocycles. The molecule has 1 saturated heterocycles. The number of hydrogen-bond acceptors (Lipinski definition) is 5. The third-order valence-electron chi connectivity index (χ3n) is 3.60. The van der Waals surface area contributed by atoms with Gasteiger partial charge in [0, 0.05) is 19.3 Å². The fourth-order valence-corrected chi connectivity index (χ4v) is 2.62. The molecule has 0 aliphatic carbocycles. The first kappa shape index (κ1) is 12.6. The molecule has 1 aliphatic rings. The molecule has 3 heterocycles. The van der Waals surface area contributed by atoms with Gasteiger partial charge in [-0.1, -0.05) is 0 Å². The van der Waals surface area contributed by atoms with Crippen LogP contribution in [0.25, 0.3) is 11.2 Å². The first-order valence-electron chi connectivity index (χ1n) is 6.45. The van der Waals surface area contributed by atoms with Crippen molar-refractivity contribution in [2.24, 2.45) is 5.92 Å². The van der Waals surface area contributed by atoms with Crippen molar-refractivity contribution in [2.45, 2.75) is 25.8 Å². The molecule has 0 saturated carbocycles. The minimum Gasteiger partial charge on any atom is -0.381 e. The molecular formula is C12H16ClN5O. The van der Waals surface area contributed by atoms with Crippen molar-refractivity contribution in [3.05, 3.63) is 11.6 Å². The van der Waals surface area contributed by atoms with E-state index in [1.54, 1.807) is 6.33 Å². The van der Waals surface area contributed by atoms with Crippen LogP contribution in [0.4, 0.5) is 5.82 Å². The minimum atomic E-state index is 0.210. The van der Waals surface area contributed by atoms with Gasteiger partial charge in [0.2, 0.25) is 5.28 Å². The summed E-state index contributed by atoms with van der Waals surface area (Å²) in [6, 6.07) is 0.307. The molecular weight excluding hydrogens is 266 g/mol. The molecule has 1 unspecified atom stereocenters. The molecule has 0 amide bonds. The Kier molecular flexibility index (Phi) is 3.52. The Balaban J connectivity index is 1.82. The van der Waals surface area contributed by atoms with Gasteiger partial charge < -0.3 is 15.0 Å². The number of rotatable bonds is 3. The Morgan fingerprint density at radius 1 is 1.42 bits per heavy atom. The van der Waals surface area contributed by atoms with E-state index in [0.717, 1.165) is 31.6 Å². The lowest BCUT2D eigenvalue weighted by Gasteiger charge is -2.28. The Bertz CT molecular complexity index is 566. The van der Waals surface area contributed by atoms with Crippen molar-refractivity contribution in [3.63, 3.8) is 0 Å². The summed E-state index contributed by atoms with van der Waals surface area (Å²) < 4.78 is 5.39. The molecule has 2 N–H and O–H groups in total. The molecule has 0 radical (unpaired) electrons. The van der Waals surface area contributed by atoms with Crippen molar-refractivity contribution in [3.8, 4) is 0 Å². The maximum absolute atomic E-state index is 5.91. The van der Waals surface area contributed by atoms with E-state index in [1.165, 1.54) is 0 Å². The predicted molar refractivity (Wildman–Crippen MR) is 73.3 cm³/mol. The molecule has 0 spiro atoms. The fourth-order valence-electron chi connectivity index (χ4n) is 2.46. The second-order valence-corrected chi connectivity index (χ2v) is 5.16. The molecule has 6 nitrogen and oxygen atoms in total. The first-order valence-corrected chi connectivity index (χ1v) is 6.83. The van der Waals surface area contributed by atoms with Crippen LogP contribution in [0.3, 0.4) is 0 Å². The number of imidazole rings is 1. The van der Waals surface area contributed by atoms with E-state index < -0.39 is 0 Å². The van der Waals surface area contributed by atoms with E-state index >= 15 is 0 Å². The van der Waals surface area contributed by atoms with Crippen molar-refractivity contribution < 1.29 is 4.74 Å². The van der Waals surface area contributed by atoms with E-state index in [1.807, 2.05) is 0 Å². The molecule has 102 valence electrons. The van der Waals surface area contributed by atoms with Crippen molar-refractivity contribution >= 4 is 28.6 Å². The van der Waals surface area contributed by atoms with Crippen molar-refractivity contribution in [2.75, 3.05) is 18.5 Å². The molecule has 7 heteroatoms. The van der Waals surface area contributed by atoms with Gasteiger partial charge in [-0.25, -0.2) is 4.98 Å². The number of ether oxygens (including phenoxy) is 1. The Hall–Kier alpha value is -1.40. The average Bonchev–Trinajstić information content (AvgIpc) is 2.88. The normalized spacial score (nSPS) is 18.6. The number of fused-ring (bicyclic) bond motifs is 1. The van der Waals surface area contributed by atoms with Crippen LogP contribution >= 0.6 is 11.6 Å². The Labute approximate surface area is 115 Å². The summed E-state index contributed by atoms with van der Waals surface area (Å²) in [5.74, 6) is 1.30. The van der Waals surface area contributed by atoms with Crippen LogP contribution in [-0.2, 0) is 4.74 Å². The van der Waals surface area contributed by atoms with Crippen molar-refractivity contribution in [1.29, 1.82) is 0 Å². The fraction of sp³-hybridized carbons (Fsp3) is 0.583. The summed E-state index contributed by atoms with van der Waals surface area (Å²) in [6.07, 6.45) is 3.73. The topological polar surface area (TPSA) is 75.7 Å². The van der Waals surface area contributed by atoms with Gasteiger partial charge in [-0.2, -0.15) is 9.97 Å². The third kappa shape index (κ3) is 2.64. The molecule has 2 aromatic heterocycles. The largest absolute Gasteiger partial charge is 0.381 e. The van der Waals surface area contributed by atoms with Gasteiger partial charge in [-0.15, -0.1) is 0 Å². The predicted octanol–water partition coefficient (Wildman–Crippen LogP) is 2.23. The van der Waals surface area contributed by atoms with Crippen LogP contribution in [0, 0.1) is 5.92 Å². The number of nitrogens with one attached hydrogen (secondary N) is 2. The number of anilines is 1. The SMILES string of the molecule is CC(Nc1nc(Cl)nc2nc[nH]c12)C1CCOCC1. The minimum absolute atomic E-state index is 0.210. The number of hydrogen-bond donors (Lipinski definition) is 2. The average molecular weight is 282 g/mol. The van der Waals surface area contributed by atoms with Crippen LogP contribution in [0.5, 0.6) is 0 Å². The zero-order valence-electron chi connectivity index (χ0n) is 10.7. The summed E-state index contributed by atoms with van der Waals surface area (Å²) in [5.41, 5.74) is 1.38. The van der Waals surface area contributed by atoms with Gasteiger partial charge in [0.15, 0.2) is 11.5 Å². The highest BCUT2D eigenvalue weighted by atomic mass is 35.5. The Morgan fingerprint density at radius 3 is 3.00 bits per heavy atom. The molecule has 19 heavy (non-hydrogen) atoms. The maximum Gasteiger partial charge on any atom is 0.226 e. The van der Waals surface area contributed by atoms with E-state index in [9.17, 15) is 0 Å². The summed E-state index contributed by atoms with van der Waals surface area (Å²) in [4.78, 5) is 15.5. The van der Waals surface area contributed by atoms with Gasteiger partial charge in [0.1, 0.15) is 5.52 Å². The van der Waals surface area contributed by atoms with Crippen LogP contribution in [0.1, 0.15) is 19.8 Å². The molecule has 2 aromatic rings. The quantitative estimate of drug-likeness (QED) is 0.844. The molecule has 0 aromatic carbocycles. The van der Waals surface area contributed by atoms with Gasteiger partial charge in [-0.3, -0.25) is 0 Å². The summed E-state index contributed by atoms with van der Waals surface area (Å²) in [5, 5.41) is 3.63. The van der Waals surface area contributed by atoms with Gasteiger partial charge in [0.25, 0.3) is 0 Å². The van der Waals surface area contributed by atoms with E-state index in [0.29, 0.717) is 23.4 Å². The number of H-pyrrole nitrogens is 1. The van der Waals surface area contributed by atoms with Crippen LogP contribution < -0.4 is 5.32 Å². The van der Waals surface area contributed by atoms with Crippen LogP contribution in [-0.4, -0.2) is 39.2 Å². The summed E-state index contributed by atoms with van der Waals surface area (Å²) >= 11 is 5.91. The number of aromatic nitrogens is 4. The van der Waals surface area contributed by atoms with E-state index in [-0.39, 0.29) is 5.28 Å². The molecule has 3 rings (SSSR count). The van der Waals surface area contributed by atoms with Crippen molar-refractivity contribution in [1.82, 2.24) is 19.9 Å². The number of nitrogens with zero attached hydrogens (tertiary/aromatic N) is 3. The second-order valence-electron chi connectivity index (χ2n) is 4.83. The number of halogens is 1. The molecule has 0 bridgehead atoms. The molecule has 1 atom stereocenters. The van der Waals surface area contributed by atoms with Gasteiger partial charge in [-0.05, 0) is 37.3 Å². The van der Waals surface area contributed by atoms with Gasteiger partial charge >= 0.3 is 0 Å². The highest BCUT2D eigenvalue weighted by Gasteiger charge is 2.21. The lowest BCUT2D eigenvalue weighted by molar-refractivity contribution is 0.0622. The summed E-state index contributed by atoms with van der Waals surface area (Å²) in [6.45, 7) is 3.83. The standard InChI is InChI=1S/C12H16ClN5O/c1-7(8-2-4-19-5-3-8)16-11-9-10(15-6-14-9)17-12(13)18-11/h6-8H,2-5H2,1H3,(H2,14,15,16,17,18).